The number of carbonyl (C=O) groups is 2. The summed E-state index contributed by atoms with van der Waals surface area (Å²) in [5, 5.41) is 9.95. The number of thiazole rings is 1. The molecule has 0 spiro atoms. The minimum atomic E-state index is -1.07. The quantitative estimate of drug-likeness (QED) is 0.240. The summed E-state index contributed by atoms with van der Waals surface area (Å²) in [5.41, 5.74) is 6.70. The SMILES string of the molecule is NC(=O)c1cnc(COc2cccc(-c3cc(F)c(Cc4nc5ccc(C(=O)O)cc5n4C[C@@H]4CCO4)cc3F)n2)s1. The van der Waals surface area contributed by atoms with Gasteiger partial charge in [-0.3, -0.25) is 4.79 Å². The maximum Gasteiger partial charge on any atom is 0.335 e. The van der Waals surface area contributed by atoms with Crippen LogP contribution in [-0.4, -0.2) is 49.2 Å². The van der Waals surface area contributed by atoms with Crippen LogP contribution in [0.1, 0.15) is 42.8 Å². The molecule has 0 radical (unpaired) electrons. The molecule has 5 aromatic rings. The maximum atomic E-state index is 15.4. The Morgan fingerprint density at radius 3 is 2.69 bits per heavy atom. The number of amides is 1. The average Bonchev–Trinajstić information content (AvgIpc) is 3.56. The van der Waals surface area contributed by atoms with Crippen molar-refractivity contribution in [3.8, 4) is 17.1 Å². The van der Waals surface area contributed by atoms with Gasteiger partial charge in [-0.15, -0.1) is 11.3 Å². The summed E-state index contributed by atoms with van der Waals surface area (Å²) in [4.78, 5) is 36.1. The van der Waals surface area contributed by atoms with Crippen molar-refractivity contribution in [2.75, 3.05) is 6.61 Å². The minimum absolute atomic E-state index is 0.0189. The molecule has 1 fully saturated rings. The zero-order valence-electron chi connectivity index (χ0n) is 21.9. The first-order chi connectivity index (χ1) is 20.2. The number of hydrogen-bond donors (Lipinski definition) is 2. The van der Waals surface area contributed by atoms with E-state index in [0.29, 0.717) is 39.9 Å². The number of fused-ring (bicyclic) bond motifs is 1. The van der Waals surface area contributed by atoms with Crippen LogP contribution < -0.4 is 10.5 Å². The fourth-order valence-electron chi connectivity index (χ4n) is 4.64. The molecule has 42 heavy (non-hydrogen) atoms. The number of carbonyl (C=O) groups excluding carboxylic acids is 1. The molecule has 0 saturated carbocycles. The van der Waals surface area contributed by atoms with Gasteiger partial charge in [-0.25, -0.2) is 28.5 Å². The lowest BCUT2D eigenvalue weighted by atomic mass is 10.0. The molecule has 13 heteroatoms. The molecule has 0 aliphatic carbocycles. The predicted octanol–water partition coefficient (Wildman–Crippen LogP) is 4.59. The number of ether oxygens (including phenoxy) is 2. The number of primary amides is 1. The van der Waals surface area contributed by atoms with Gasteiger partial charge in [0, 0.05) is 24.7 Å². The van der Waals surface area contributed by atoms with Gasteiger partial charge >= 0.3 is 5.97 Å². The number of rotatable bonds is 10. The highest BCUT2D eigenvalue weighted by Gasteiger charge is 2.24. The molecule has 1 aliphatic heterocycles. The van der Waals surface area contributed by atoms with Crippen LogP contribution in [0, 0.1) is 11.6 Å². The van der Waals surface area contributed by atoms with E-state index in [-0.39, 0.29) is 47.4 Å². The van der Waals surface area contributed by atoms with E-state index in [4.69, 9.17) is 15.2 Å². The summed E-state index contributed by atoms with van der Waals surface area (Å²) in [5.74, 6) is -2.36. The number of aromatic carboxylic acids is 1. The number of carboxylic acids is 1. The molecule has 6 rings (SSSR count). The van der Waals surface area contributed by atoms with E-state index in [1.54, 1.807) is 18.2 Å². The van der Waals surface area contributed by atoms with Gasteiger partial charge in [0.15, 0.2) is 0 Å². The summed E-state index contributed by atoms with van der Waals surface area (Å²) >= 11 is 1.09. The molecular weight excluding hydrogens is 568 g/mol. The summed E-state index contributed by atoms with van der Waals surface area (Å²) < 4.78 is 43.8. The molecule has 2 aromatic carbocycles. The second kappa shape index (κ2) is 11.3. The molecule has 0 bridgehead atoms. The van der Waals surface area contributed by atoms with Gasteiger partial charge in [-0.2, -0.15) is 0 Å². The Hall–Kier alpha value is -4.75. The number of nitrogens with two attached hydrogens (primary N) is 1. The molecule has 1 atom stereocenters. The topological polar surface area (TPSA) is 142 Å². The third kappa shape index (κ3) is 5.56. The first-order valence-electron chi connectivity index (χ1n) is 12.9. The number of carboxylic acid groups (broad SMARTS) is 1. The van der Waals surface area contributed by atoms with Gasteiger partial charge in [0.1, 0.15) is 34.0 Å². The number of pyridine rings is 1. The molecule has 10 nitrogen and oxygen atoms in total. The Bertz CT molecular complexity index is 1830. The number of imidazole rings is 1. The normalized spacial score (nSPS) is 14.6. The molecule has 3 N–H and O–H groups in total. The van der Waals surface area contributed by atoms with Gasteiger partial charge in [0.2, 0.25) is 5.88 Å². The summed E-state index contributed by atoms with van der Waals surface area (Å²) in [6.45, 7) is 1.07. The lowest BCUT2D eigenvalue weighted by molar-refractivity contribution is -0.0589. The number of benzene rings is 2. The van der Waals surface area contributed by atoms with E-state index in [2.05, 4.69) is 15.0 Å². The number of halogens is 2. The Balaban J connectivity index is 1.26. The van der Waals surface area contributed by atoms with E-state index in [1.165, 1.54) is 24.4 Å². The zero-order chi connectivity index (χ0) is 29.4. The van der Waals surface area contributed by atoms with Gasteiger partial charge in [-0.1, -0.05) is 6.07 Å². The summed E-state index contributed by atoms with van der Waals surface area (Å²) in [6, 6.07) is 11.5. The second-order valence-electron chi connectivity index (χ2n) is 9.66. The minimum Gasteiger partial charge on any atom is -0.478 e. The molecule has 1 amide bonds. The fraction of sp³-hybridized carbons (Fsp3) is 0.207. The number of aromatic nitrogens is 4. The Morgan fingerprint density at radius 1 is 1.14 bits per heavy atom. The largest absolute Gasteiger partial charge is 0.478 e. The molecule has 3 aromatic heterocycles. The van der Waals surface area contributed by atoms with Crippen LogP contribution in [0.3, 0.4) is 0 Å². The summed E-state index contributed by atoms with van der Waals surface area (Å²) in [7, 11) is 0. The Morgan fingerprint density at radius 2 is 1.98 bits per heavy atom. The first-order valence-corrected chi connectivity index (χ1v) is 13.7. The van der Waals surface area contributed by atoms with E-state index in [9.17, 15) is 14.7 Å². The third-order valence-corrected chi connectivity index (χ3v) is 7.86. The van der Waals surface area contributed by atoms with Crippen LogP contribution in [0.4, 0.5) is 8.78 Å². The van der Waals surface area contributed by atoms with Crippen molar-refractivity contribution in [2.24, 2.45) is 5.73 Å². The van der Waals surface area contributed by atoms with Crippen molar-refractivity contribution >= 4 is 34.2 Å². The number of hydrogen-bond acceptors (Lipinski definition) is 8. The van der Waals surface area contributed by atoms with Crippen LogP contribution in [-0.2, 0) is 24.3 Å². The average molecular weight is 592 g/mol. The van der Waals surface area contributed by atoms with Crippen LogP contribution >= 0.6 is 11.3 Å². The first kappa shape index (κ1) is 27.4. The van der Waals surface area contributed by atoms with E-state index >= 15 is 8.78 Å². The van der Waals surface area contributed by atoms with Gasteiger partial charge in [0.05, 0.1) is 41.1 Å². The highest BCUT2D eigenvalue weighted by molar-refractivity contribution is 7.13. The third-order valence-electron chi connectivity index (χ3n) is 6.88. The predicted molar refractivity (Wildman–Crippen MR) is 148 cm³/mol. The van der Waals surface area contributed by atoms with Crippen LogP contribution in [0.15, 0.2) is 54.7 Å². The number of nitrogens with zero attached hydrogens (tertiary/aromatic N) is 4. The van der Waals surface area contributed by atoms with Crippen molar-refractivity contribution in [2.45, 2.75) is 32.1 Å². The van der Waals surface area contributed by atoms with Crippen molar-refractivity contribution in [1.29, 1.82) is 0 Å². The smallest absolute Gasteiger partial charge is 0.335 e. The highest BCUT2D eigenvalue weighted by Crippen LogP contribution is 2.29. The van der Waals surface area contributed by atoms with Crippen LogP contribution in [0.5, 0.6) is 5.88 Å². The zero-order valence-corrected chi connectivity index (χ0v) is 22.7. The Kier molecular flexibility index (Phi) is 7.35. The fourth-order valence-corrected chi connectivity index (χ4v) is 5.32. The van der Waals surface area contributed by atoms with Crippen molar-refractivity contribution in [1.82, 2.24) is 19.5 Å². The standard InChI is InChI=1S/C29H23F2N5O5S/c30-19-11-18(21-2-1-3-26(35-21)41-14-27-33-12-24(42-27)28(32)37)20(31)8-16(19)10-25-34-22-5-4-15(29(38)39)9-23(22)36(25)13-17-6-7-40-17/h1-5,8-9,11-12,17H,6-7,10,13-14H2,(H2,32,37)(H,38,39)/t17-/m0/s1. The summed E-state index contributed by atoms with van der Waals surface area (Å²) in [6.07, 6.45) is 2.10. The van der Waals surface area contributed by atoms with Gasteiger partial charge < -0.3 is 24.9 Å². The maximum absolute atomic E-state index is 15.4. The molecule has 214 valence electrons. The molecule has 4 heterocycles. The molecule has 0 unspecified atom stereocenters. The van der Waals surface area contributed by atoms with Gasteiger partial charge in [-0.05, 0) is 48.4 Å². The monoisotopic (exact) mass is 591 g/mol. The van der Waals surface area contributed by atoms with Crippen molar-refractivity contribution < 1.29 is 33.0 Å². The molecule has 1 saturated heterocycles. The van der Waals surface area contributed by atoms with E-state index in [1.807, 2.05) is 4.57 Å². The Labute approximate surface area is 241 Å². The van der Waals surface area contributed by atoms with Crippen LogP contribution in [0.25, 0.3) is 22.3 Å². The van der Waals surface area contributed by atoms with Gasteiger partial charge in [0.25, 0.3) is 5.91 Å². The lowest BCUT2D eigenvalue weighted by Gasteiger charge is -2.27. The lowest BCUT2D eigenvalue weighted by Crippen LogP contribution is -2.31. The van der Waals surface area contributed by atoms with Crippen molar-refractivity contribution in [3.63, 3.8) is 0 Å². The molecule has 1 aliphatic rings. The second-order valence-corrected chi connectivity index (χ2v) is 10.8. The van der Waals surface area contributed by atoms with E-state index in [0.717, 1.165) is 29.9 Å². The van der Waals surface area contributed by atoms with Crippen molar-refractivity contribution in [3.05, 3.63) is 93.2 Å². The van der Waals surface area contributed by atoms with E-state index < -0.39 is 23.5 Å². The highest BCUT2D eigenvalue weighted by atomic mass is 32.1. The van der Waals surface area contributed by atoms with Crippen LogP contribution in [0.2, 0.25) is 0 Å². The molecular formula is C29H23F2N5O5S.